The molecule has 1 aromatic rings. The number of halogens is 4. The molecule has 3 N–H and O–H groups in total. The van der Waals surface area contributed by atoms with E-state index in [0.29, 0.717) is 25.1 Å². The van der Waals surface area contributed by atoms with Crippen molar-refractivity contribution in [2.45, 2.75) is 36.6 Å². The summed E-state index contributed by atoms with van der Waals surface area (Å²) in [5, 5.41) is 0. The molecule has 0 bridgehead atoms. The lowest BCUT2D eigenvalue weighted by Crippen LogP contribution is -2.44. The average Bonchev–Trinajstić information content (AvgIpc) is 2.44. The van der Waals surface area contributed by atoms with Gasteiger partial charge in [-0.3, -0.25) is 0 Å². The molecule has 0 amide bonds. The third kappa shape index (κ3) is 4.13. The predicted molar refractivity (Wildman–Crippen MR) is 78.7 cm³/mol. The second kappa shape index (κ2) is 7.63. The highest BCUT2D eigenvalue weighted by molar-refractivity contribution is 7.89. The first-order valence-electron chi connectivity index (χ1n) is 6.72. The van der Waals surface area contributed by atoms with Crippen molar-refractivity contribution in [3.05, 3.63) is 29.6 Å². The molecule has 0 saturated heterocycles. The van der Waals surface area contributed by atoms with Crippen LogP contribution in [-0.4, -0.2) is 21.0 Å². The summed E-state index contributed by atoms with van der Waals surface area (Å²) in [5.41, 5.74) is 5.61. The minimum absolute atomic E-state index is 0. The zero-order valence-corrected chi connectivity index (χ0v) is 13.3. The van der Waals surface area contributed by atoms with E-state index in [1.54, 1.807) is 0 Å². The monoisotopic (exact) mass is 358 g/mol. The summed E-state index contributed by atoms with van der Waals surface area (Å²) < 4.78 is 66.0. The molecule has 2 rings (SSSR count). The number of rotatable bonds is 4. The lowest BCUT2D eigenvalue weighted by atomic mass is 9.85. The van der Waals surface area contributed by atoms with Crippen LogP contribution in [0.2, 0.25) is 0 Å². The third-order valence-electron chi connectivity index (χ3n) is 3.79. The van der Waals surface area contributed by atoms with Crippen molar-refractivity contribution >= 4 is 22.4 Å². The molecule has 0 aromatic heterocycles. The number of benzene rings is 1. The maximum Gasteiger partial charge on any atom is 0.241 e. The Morgan fingerprint density at radius 1 is 1.14 bits per heavy atom. The van der Waals surface area contributed by atoms with Crippen molar-refractivity contribution in [1.29, 1.82) is 0 Å². The number of hydrogen-bond acceptors (Lipinski definition) is 3. The van der Waals surface area contributed by atoms with Gasteiger partial charge in [0, 0.05) is 6.04 Å². The molecular weight excluding hydrogens is 341 g/mol. The molecule has 4 nitrogen and oxygen atoms in total. The molecule has 1 saturated carbocycles. The molecule has 0 spiro atoms. The Hall–Kier alpha value is -0.830. The lowest BCUT2D eigenvalue weighted by molar-refractivity contribution is 0.296. The fourth-order valence-electron chi connectivity index (χ4n) is 2.60. The molecular formula is C13H18ClF3N2O2S. The highest BCUT2D eigenvalue weighted by atomic mass is 35.5. The van der Waals surface area contributed by atoms with Gasteiger partial charge in [-0.1, -0.05) is 12.8 Å². The topological polar surface area (TPSA) is 72.2 Å². The summed E-state index contributed by atoms with van der Waals surface area (Å²) in [7, 11) is -4.12. The molecule has 9 heteroatoms. The molecule has 0 heterocycles. The number of nitrogens with one attached hydrogen (secondary N) is 1. The Labute approximate surface area is 133 Å². The van der Waals surface area contributed by atoms with Gasteiger partial charge in [0.2, 0.25) is 10.0 Å². The summed E-state index contributed by atoms with van der Waals surface area (Å²) in [4.78, 5) is -0.625. The third-order valence-corrected chi connectivity index (χ3v) is 5.26. The van der Waals surface area contributed by atoms with Crippen molar-refractivity contribution in [3.63, 3.8) is 0 Å². The van der Waals surface area contributed by atoms with E-state index in [1.807, 2.05) is 0 Å². The van der Waals surface area contributed by atoms with Crippen molar-refractivity contribution in [2.24, 2.45) is 11.7 Å². The largest absolute Gasteiger partial charge is 0.330 e. The highest BCUT2D eigenvalue weighted by Crippen LogP contribution is 2.26. The van der Waals surface area contributed by atoms with E-state index >= 15 is 0 Å². The predicted octanol–water partition coefficient (Wildman–Crippen LogP) is 2.32. The first-order chi connectivity index (χ1) is 9.85. The number of nitrogens with two attached hydrogens (primary N) is 1. The Balaban J connectivity index is 0.00000242. The molecule has 1 aliphatic rings. The van der Waals surface area contributed by atoms with Gasteiger partial charge < -0.3 is 5.73 Å². The van der Waals surface area contributed by atoms with E-state index in [4.69, 9.17) is 5.73 Å². The molecule has 22 heavy (non-hydrogen) atoms. The van der Waals surface area contributed by atoms with Crippen LogP contribution in [0, 0.1) is 23.4 Å². The zero-order valence-electron chi connectivity index (χ0n) is 11.7. The minimum atomic E-state index is -4.12. The molecule has 126 valence electrons. The van der Waals surface area contributed by atoms with Gasteiger partial charge in [-0.25, -0.2) is 26.3 Å². The van der Waals surface area contributed by atoms with Gasteiger partial charge in [0.05, 0.1) is 4.90 Å². The van der Waals surface area contributed by atoms with Crippen LogP contribution in [0.15, 0.2) is 17.0 Å². The van der Waals surface area contributed by atoms with E-state index in [1.165, 1.54) is 0 Å². The van der Waals surface area contributed by atoms with Crippen LogP contribution in [0.3, 0.4) is 0 Å². The molecule has 2 unspecified atom stereocenters. The van der Waals surface area contributed by atoms with Crippen LogP contribution in [0.1, 0.15) is 25.7 Å². The van der Waals surface area contributed by atoms with Gasteiger partial charge in [-0.05, 0) is 37.4 Å². The maximum atomic E-state index is 13.2. The lowest BCUT2D eigenvalue weighted by Gasteiger charge is -2.31. The first kappa shape index (κ1) is 19.2. The average molecular weight is 359 g/mol. The summed E-state index contributed by atoms with van der Waals surface area (Å²) in [5.74, 6) is -4.76. The fourth-order valence-corrected chi connectivity index (χ4v) is 3.96. The van der Waals surface area contributed by atoms with E-state index in [9.17, 15) is 21.6 Å². The van der Waals surface area contributed by atoms with E-state index < -0.39 is 32.4 Å². The second-order valence-electron chi connectivity index (χ2n) is 5.21. The van der Waals surface area contributed by atoms with Crippen LogP contribution >= 0.6 is 12.4 Å². The molecule has 0 radical (unpaired) electrons. The SMILES string of the molecule is Cl.NCC1CCCCC1NS(=O)(=O)c1cc(F)c(F)c(F)c1. The number of sulfonamides is 1. The van der Waals surface area contributed by atoms with Crippen molar-refractivity contribution in [2.75, 3.05) is 6.54 Å². The van der Waals surface area contributed by atoms with Gasteiger partial charge in [0.25, 0.3) is 0 Å². The van der Waals surface area contributed by atoms with Gasteiger partial charge in [-0.2, -0.15) is 0 Å². The van der Waals surface area contributed by atoms with Crippen LogP contribution < -0.4 is 10.5 Å². The Morgan fingerprint density at radius 2 is 1.68 bits per heavy atom. The van der Waals surface area contributed by atoms with Gasteiger partial charge in [0.1, 0.15) is 0 Å². The van der Waals surface area contributed by atoms with Crippen molar-refractivity contribution in [3.8, 4) is 0 Å². The summed E-state index contributed by atoms with van der Waals surface area (Å²) >= 11 is 0. The van der Waals surface area contributed by atoms with Crippen LogP contribution in [0.4, 0.5) is 13.2 Å². The molecule has 0 aliphatic heterocycles. The Morgan fingerprint density at radius 3 is 2.23 bits per heavy atom. The van der Waals surface area contributed by atoms with Crippen molar-refractivity contribution in [1.82, 2.24) is 4.72 Å². The second-order valence-corrected chi connectivity index (χ2v) is 6.92. The molecule has 1 aromatic carbocycles. The molecule has 1 fully saturated rings. The molecule has 2 atom stereocenters. The van der Waals surface area contributed by atoms with Gasteiger partial charge in [-0.15, -0.1) is 12.4 Å². The zero-order chi connectivity index (χ0) is 15.6. The smallest absolute Gasteiger partial charge is 0.241 e. The summed E-state index contributed by atoms with van der Waals surface area (Å²) in [6, 6.07) is 0.576. The van der Waals surface area contributed by atoms with Crippen LogP contribution in [0.5, 0.6) is 0 Å². The fraction of sp³-hybridized carbons (Fsp3) is 0.538. The Kier molecular flexibility index (Phi) is 6.66. The summed E-state index contributed by atoms with van der Waals surface area (Å²) in [6.45, 7) is 0.333. The maximum absolute atomic E-state index is 13.2. The quantitative estimate of drug-likeness (QED) is 0.811. The van der Waals surface area contributed by atoms with Gasteiger partial charge in [0.15, 0.2) is 17.5 Å². The van der Waals surface area contributed by atoms with Crippen LogP contribution in [-0.2, 0) is 10.0 Å². The highest BCUT2D eigenvalue weighted by Gasteiger charge is 2.29. The minimum Gasteiger partial charge on any atom is -0.330 e. The van der Waals surface area contributed by atoms with E-state index in [-0.39, 0.29) is 24.4 Å². The van der Waals surface area contributed by atoms with Gasteiger partial charge >= 0.3 is 0 Å². The van der Waals surface area contributed by atoms with Crippen molar-refractivity contribution < 1.29 is 21.6 Å². The van der Waals surface area contributed by atoms with Crippen LogP contribution in [0.25, 0.3) is 0 Å². The normalized spacial score (nSPS) is 22.2. The summed E-state index contributed by atoms with van der Waals surface area (Å²) in [6.07, 6.45) is 3.25. The standard InChI is InChI=1S/C13H17F3N2O2S.ClH/c14-10-5-9(6-11(15)13(10)16)21(19,20)18-12-4-2-1-3-8(12)7-17;/h5-6,8,12,18H,1-4,7,17H2;1H. The van der Waals surface area contributed by atoms with E-state index in [0.717, 1.165) is 19.3 Å². The number of hydrogen-bond donors (Lipinski definition) is 2. The van der Waals surface area contributed by atoms with E-state index in [2.05, 4.69) is 4.72 Å². The Bertz CT molecular complexity index is 605. The molecule has 1 aliphatic carbocycles. The first-order valence-corrected chi connectivity index (χ1v) is 8.20.